The molecule has 1 aliphatic rings. The Morgan fingerprint density at radius 3 is 2.28 bits per heavy atom. The van der Waals surface area contributed by atoms with Gasteiger partial charge in [-0.15, -0.1) is 0 Å². The van der Waals surface area contributed by atoms with E-state index in [0.29, 0.717) is 11.1 Å². The summed E-state index contributed by atoms with van der Waals surface area (Å²) in [5, 5.41) is 17.8. The highest BCUT2D eigenvalue weighted by Crippen LogP contribution is 2.49. The van der Waals surface area contributed by atoms with Crippen LogP contribution in [-0.4, -0.2) is 82.6 Å². The number of nitrogens with two attached hydrogens (primary N) is 1. The van der Waals surface area contributed by atoms with Crippen molar-refractivity contribution >= 4 is 43.0 Å². The van der Waals surface area contributed by atoms with E-state index < -0.39 is 86.6 Å². The first-order valence-electron chi connectivity index (χ1n) is 19.2. The summed E-state index contributed by atoms with van der Waals surface area (Å²) in [7, 11) is -4.63. The Morgan fingerprint density at radius 2 is 1.64 bits per heavy atom. The molecule has 2 aromatic heterocycles. The third kappa shape index (κ3) is 10.6. The molecule has 19 heteroatoms. The van der Waals surface area contributed by atoms with Crippen LogP contribution in [-0.2, 0) is 63.9 Å². The van der Waals surface area contributed by atoms with Crippen LogP contribution in [0.25, 0.3) is 5.52 Å². The molecule has 3 aromatic rings. The maximum absolute atomic E-state index is 14.7. The van der Waals surface area contributed by atoms with E-state index in [9.17, 15) is 29.0 Å². The molecule has 0 amide bonds. The number of nitrogens with one attached hydrogen (secondary N) is 1. The van der Waals surface area contributed by atoms with Gasteiger partial charge in [0.15, 0.2) is 18.0 Å². The molecule has 0 saturated carbocycles. The number of fused-ring (bicyclic) bond motifs is 1. The van der Waals surface area contributed by atoms with Crippen molar-refractivity contribution in [3.05, 3.63) is 59.5 Å². The summed E-state index contributed by atoms with van der Waals surface area (Å²) in [6.07, 6.45) is -1.90. The van der Waals surface area contributed by atoms with E-state index in [1.165, 1.54) is 29.6 Å². The highest BCUT2D eigenvalue weighted by Gasteiger charge is 2.63. The first kappa shape index (κ1) is 45.8. The molecule has 4 rings (SSSR count). The van der Waals surface area contributed by atoms with Gasteiger partial charge in [-0.1, -0.05) is 72.6 Å². The molecular formula is C39H53N6O12P. The number of carbonyl (C=O) groups excluding carboxylic acids is 4. The maximum atomic E-state index is 14.7. The third-order valence-corrected chi connectivity index (χ3v) is 11.2. The molecule has 3 N–H and O–H groups in total. The van der Waals surface area contributed by atoms with Gasteiger partial charge < -0.3 is 29.4 Å². The van der Waals surface area contributed by atoms with Gasteiger partial charge in [-0.25, -0.2) is 23.9 Å². The molecule has 1 saturated heterocycles. The lowest BCUT2D eigenvalue weighted by molar-refractivity contribution is -0.173. The van der Waals surface area contributed by atoms with Crippen molar-refractivity contribution in [1.29, 1.82) is 5.26 Å². The molecule has 58 heavy (non-hydrogen) atoms. The Balaban J connectivity index is 1.77. The molecule has 1 fully saturated rings. The predicted octanol–water partition coefficient (Wildman–Crippen LogP) is 5.04. The number of hydrogen-bond donors (Lipinski definition) is 2. The van der Waals surface area contributed by atoms with Crippen LogP contribution in [0.15, 0.2) is 42.7 Å². The Kier molecular flexibility index (Phi) is 15.9. The number of nitriles is 1. The fourth-order valence-electron chi connectivity index (χ4n) is 5.97. The van der Waals surface area contributed by atoms with Crippen molar-refractivity contribution in [1.82, 2.24) is 19.7 Å². The average Bonchev–Trinajstić information content (AvgIpc) is 3.77. The number of rotatable bonds is 20. The number of ether oxygens (including phenoxy) is 5. The van der Waals surface area contributed by atoms with Crippen molar-refractivity contribution < 1.29 is 56.5 Å². The number of esters is 4. The number of hydrogen-bond acceptors (Lipinski definition) is 16. The molecule has 0 unspecified atom stereocenters. The van der Waals surface area contributed by atoms with Gasteiger partial charge in [0.25, 0.3) is 0 Å². The number of aromatic nitrogens is 3. The first-order valence-corrected chi connectivity index (χ1v) is 20.8. The van der Waals surface area contributed by atoms with Crippen LogP contribution in [0.3, 0.4) is 0 Å². The highest BCUT2D eigenvalue weighted by molar-refractivity contribution is 7.51. The first-order chi connectivity index (χ1) is 27.5. The summed E-state index contributed by atoms with van der Waals surface area (Å²) in [6, 6.07) is 10.2. The zero-order chi connectivity index (χ0) is 42.8. The maximum Gasteiger partial charge on any atom is 0.406 e. The second-order valence-corrected chi connectivity index (χ2v) is 16.1. The molecule has 0 bridgehead atoms. The lowest BCUT2D eigenvalue weighted by Crippen LogP contribution is -2.47. The van der Waals surface area contributed by atoms with Gasteiger partial charge in [0.05, 0.1) is 49.5 Å². The highest BCUT2D eigenvalue weighted by atomic mass is 31.2. The third-order valence-electron chi connectivity index (χ3n) is 9.50. The van der Waals surface area contributed by atoms with Crippen molar-refractivity contribution in [2.75, 3.05) is 25.6 Å². The fraction of sp³-hybridized carbons (Fsp3) is 0.564. The number of nitrogen functional groups attached to an aromatic ring is 1. The lowest BCUT2D eigenvalue weighted by atomic mass is 9.92. The van der Waals surface area contributed by atoms with E-state index >= 15 is 0 Å². The minimum Gasteiger partial charge on any atom is -0.464 e. The van der Waals surface area contributed by atoms with Gasteiger partial charge in [0.2, 0.25) is 5.60 Å². The smallest absolute Gasteiger partial charge is 0.406 e. The molecular weight excluding hydrogens is 775 g/mol. The van der Waals surface area contributed by atoms with Crippen molar-refractivity contribution in [2.45, 2.75) is 105 Å². The Morgan fingerprint density at radius 1 is 0.966 bits per heavy atom. The topological polar surface area (TPSA) is 242 Å². The van der Waals surface area contributed by atoms with Crippen LogP contribution < -0.4 is 10.8 Å². The van der Waals surface area contributed by atoms with Gasteiger partial charge in [-0.2, -0.15) is 10.4 Å². The van der Waals surface area contributed by atoms with Gasteiger partial charge >= 0.3 is 31.6 Å². The zero-order valence-electron chi connectivity index (χ0n) is 34.0. The van der Waals surface area contributed by atoms with E-state index in [1.54, 1.807) is 52.8 Å². The molecule has 0 spiro atoms. The van der Waals surface area contributed by atoms with Gasteiger partial charge in [-0.3, -0.25) is 23.4 Å². The standard InChI is InChI=1S/C39H53N6O12P/c1-9-26(10-2)18-52-37(48)25(8)44-58(50,53-19-27-14-12-13-15-28(27)38(49)51-11-3)54-20-30-32(55-35(46)23(4)5)33(56-36(47)24(6)7)39(21-40,57-30)31-17-16-29-34(41)42-22-43-45(29)31/h12-17,22-26,30,32-33H,9-11,18-20H2,1-8H3,(H,44,50)(H2,41,42,43)/t25-,30+,32+,33+,39-,58-/m0/s1. The average molecular weight is 829 g/mol. The molecule has 316 valence electrons. The summed E-state index contributed by atoms with van der Waals surface area (Å²) < 4.78 is 56.9. The molecule has 6 atom stereocenters. The van der Waals surface area contributed by atoms with Crippen molar-refractivity contribution in [2.24, 2.45) is 17.8 Å². The van der Waals surface area contributed by atoms with Crippen LogP contribution in [0.1, 0.15) is 89.8 Å². The fourth-order valence-corrected chi connectivity index (χ4v) is 7.42. The molecule has 1 aromatic carbocycles. The SMILES string of the molecule is CCOC(=O)c1ccccc1CO[P@@](=O)(N[C@@H](C)C(=O)OCC(CC)CC)OC[C@H]1O[C@@](C#N)(c2ccc3c(N)ncnn23)[C@H](OC(=O)C(C)C)[C@@H]1OC(=O)C(C)C. The number of nitrogens with zero attached hydrogens (tertiary/aromatic N) is 4. The summed E-state index contributed by atoms with van der Waals surface area (Å²) >= 11 is 0. The Labute approximate surface area is 337 Å². The molecule has 3 heterocycles. The van der Waals surface area contributed by atoms with E-state index in [-0.39, 0.29) is 36.2 Å². The number of carbonyl (C=O) groups is 4. The molecule has 0 aliphatic carbocycles. The Bertz CT molecular complexity index is 2010. The predicted molar refractivity (Wildman–Crippen MR) is 207 cm³/mol. The lowest BCUT2D eigenvalue weighted by Gasteiger charge is -2.29. The van der Waals surface area contributed by atoms with E-state index in [2.05, 4.69) is 21.2 Å². The monoisotopic (exact) mass is 828 g/mol. The molecule has 0 radical (unpaired) electrons. The number of benzene rings is 1. The van der Waals surface area contributed by atoms with E-state index in [4.69, 9.17) is 38.5 Å². The van der Waals surface area contributed by atoms with Gasteiger partial charge in [0.1, 0.15) is 30.1 Å². The van der Waals surface area contributed by atoms with Crippen LogP contribution >= 0.6 is 7.75 Å². The zero-order valence-corrected chi connectivity index (χ0v) is 34.9. The quantitative estimate of drug-likeness (QED) is 0.0861. The summed E-state index contributed by atoms with van der Waals surface area (Å²) in [4.78, 5) is 56.4. The van der Waals surface area contributed by atoms with Crippen LogP contribution in [0.5, 0.6) is 0 Å². The second kappa shape index (κ2) is 20.2. The van der Waals surface area contributed by atoms with Crippen LogP contribution in [0.2, 0.25) is 0 Å². The van der Waals surface area contributed by atoms with Crippen molar-refractivity contribution in [3.8, 4) is 6.07 Å². The minimum atomic E-state index is -4.63. The van der Waals surface area contributed by atoms with Gasteiger partial charge in [0, 0.05) is 0 Å². The summed E-state index contributed by atoms with van der Waals surface area (Å²) in [6.45, 7) is 12.4. The summed E-state index contributed by atoms with van der Waals surface area (Å²) in [5.74, 6) is -4.03. The molecule has 1 aliphatic heterocycles. The minimum absolute atomic E-state index is 0.0516. The Hall–Kier alpha value is -4.92. The van der Waals surface area contributed by atoms with Crippen LogP contribution in [0, 0.1) is 29.1 Å². The normalized spacial score (nSPS) is 20.8. The molecule has 18 nitrogen and oxygen atoms in total. The number of anilines is 1. The summed E-state index contributed by atoms with van der Waals surface area (Å²) in [5.41, 5.74) is 4.68. The van der Waals surface area contributed by atoms with Gasteiger partial charge in [-0.05, 0) is 43.5 Å². The second-order valence-electron chi connectivity index (χ2n) is 14.3. The van der Waals surface area contributed by atoms with Crippen molar-refractivity contribution in [3.63, 3.8) is 0 Å². The van der Waals surface area contributed by atoms with E-state index in [0.717, 1.165) is 19.2 Å². The largest absolute Gasteiger partial charge is 0.464 e. The van der Waals surface area contributed by atoms with E-state index in [1.807, 2.05) is 13.8 Å². The van der Waals surface area contributed by atoms with Crippen LogP contribution in [0.4, 0.5) is 5.82 Å².